The van der Waals surface area contributed by atoms with Crippen LogP contribution in [0, 0.1) is 11.3 Å². The maximum atomic E-state index is 10.7. The quantitative estimate of drug-likeness (QED) is 0.827. The van der Waals surface area contributed by atoms with E-state index in [0.717, 1.165) is 5.56 Å². The first-order chi connectivity index (χ1) is 9.16. The minimum absolute atomic E-state index is 0.363. The second-order valence-corrected chi connectivity index (χ2v) is 5.18. The maximum absolute atomic E-state index is 10.7. The molecule has 0 amide bonds. The van der Waals surface area contributed by atoms with E-state index in [9.17, 15) is 5.11 Å². The molecule has 1 aromatic rings. The van der Waals surface area contributed by atoms with Gasteiger partial charge in [0.15, 0.2) is 5.79 Å². The van der Waals surface area contributed by atoms with E-state index in [0.29, 0.717) is 44.6 Å². The van der Waals surface area contributed by atoms with Gasteiger partial charge in [-0.2, -0.15) is 5.26 Å². The molecular formula is C14H16N2O3. The molecule has 3 rings (SSSR count). The lowest BCUT2D eigenvalue weighted by atomic mass is 9.77. The van der Waals surface area contributed by atoms with E-state index >= 15 is 0 Å². The van der Waals surface area contributed by atoms with Crippen LogP contribution < -0.4 is 0 Å². The molecular weight excluding hydrogens is 244 g/mol. The topological polar surface area (TPSA) is 75.4 Å². The van der Waals surface area contributed by atoms with E-state index in [1.807, 2.05) is 6.07 Å². The molecule has 1 saturated heterocycles. The Balaban J connectivity index is 1.75. The summed E-state index contributed by atoms with van der Waals surface area (Å²) in [5.41, 5.74) is 0.239. The van der Waals surface area contributed by atoms with Crippen LogP contribution in [0.15, 0.2) is 18.3 Å². The molecule has 0 radical (unpaired) electrons. The zero-order valence-corrected chi connectivity index (χ0v) is 10.6. The molecule has 19 heavy (non-hydrogen) atoms. The van der Waals surface area contributed by atoms with Crippen molar-refractivity contribution in [1.82, 2.24) is 4.98 Å². The maximum Gasteiger partial charge on any atom is 0.168 e. The third-order valence-corrected chi connectivity index (χ3v) is 4.07. The minimum Gasteiger partial charge on any atom is -0.385 e. The summed E-state index contributed by atoms with van der Waals surface area (Å²) in [7, 11) is 0. The predicted molar refractivity (Wildman–Crippen MR) is 66.0 cm³/mol. The Hall–Kier alpha value is -1.48. The molecule has 5 nitrogen and oxygen atoms in total. The van der Waals surface area contributed by atoms with Crippen molar-refractivity contribution in [3.63, 3.8) is 0 Å². The van der Waals surface area contributed by atoms with Gasteiger partial charge in [-0.3, -0.25) is 0 Å². The number of nitriles is 1. The summed E-state index contributed by atoms with van der Waals surface area (Å²) >= 11 is 0. The van der Waals surface area contributed by atoms with Crippen molar-refractivity contribution >= 4 is 0 Å². The minimum atomic E-state index is -0.887. The fourth-order valence-corrected chi connectivity index (χ4v) is 2.85. The number of aliphatic hydroxyl groups is 1. The van der Waals surface area contributed by atoms with E-state index in [4.69, 9.17) is 14.7 Å². The second-order valence-electron chi connectivity index (χ2n) is 5.18. The monoisotopic (exact) mass is 260 g/mol. The Morgan fingerprint density at radius 2 is 1.84 bits per heavy atom. The van der Waals surface area contributed by atoms with E-state index in [-0.39, 0.29) is 0 Å². The molecule has 1 N–H and O–H groups in total. The summed E-state index contributed by atoms with van der Waals surface area (Å²) < 4.78 is 11.3. The largest absolute Gasteiger partial charge is 0.385 e. The van der Waals surface area contributed by atoms with Gasteiger partial charge in [-0.15, -0.1) is 0 Å². The molecule has 0 aromatic carbocycles. The molecule has 2 aliphatic rings. The van der Waals surface area contributed by atoms with Crippen molar-refractivity contribution in [2.45, 2.75) is 37.1 Å². The molecule has 0 bridgehead atoms. The smallest absolute Gasteiger partial charge is 0.168 e. The lowest BCUT2D eigenvalue weighted by Gasteiger charge is -2.40. The SMILES string of the molecule is N#Cc1ccc(C2(O)CCC3(CC2)OCCO3)cn1. The third-order valence-electron chi connectivity index (χ3n) is 4.07. The molecule has 1 spiro atoms. The van der Waals surface area contributed by atoms with Gasteiger partial charge in [-0.05, 0) is 18.9 Å². The van der Waals surface area contributed by atoms with E-state index < -0.39 is 11.4 Å². The molecule has 100 valence electrons. The van der Waals surface area contributed by atoms with Crippen LogP contribution in [-0.4, -0.2) is 29.1 Å². The first kappa shape index (κ1) is 12.5. The number of ether oxygens (including phenoxy) is 2. The molecule has 2 heterocycles. The lowest BCUT2D eigenvalue weighted by Crippen LogP contribution is -2.42. The van der Waals surface area contributed by atoms with Crippen molar-refractivity contribution in [2.24, 2.45) is 0 Å². The molecule has 1 aromatic heterocycles. The highest BCUT2D eigenvalue weighted by Gasteiger charge is 2.46. The van der Waals surface area contributed by atoms with Crippen LogP contribution in [0.25, 0.3) is 0 Å². The van der Waals surface area contributed by atoms with Gasteiger partial charge in [-0.1, -0.05) is 6.07 Å². The summed E-state index contributed by atoms with van der Waals surface area (Å²) in [6, 6.07) is 5.39. The average molecular weight is 260 g/mol. The number of hydrogen-bond donors (Lipinski definition) is 1. The van der Waals surface area contributed by atoms with Crippen LogP contribution in [0.3, 0.4) is 0 Å². The highest BCUT2D eigenvalue weighted by Crippen LogP contribution is 2.44. The van der Waals surface area contributed by atoms with Gasteiger partial charge < -0.3 is 14.6 Å². The van der Waals surface area contributed by atoms with Gasteiger partial charge in [0.1, 0.15) is 11.8 Å². The fourth-order valence-electron chi connectivity index (χ4n) is 2.85. The van der Waals surface area contributed by atoms with Gasteiger partial charge >= 0.3 is 0 Å². The number of hydrogen-bond acceptors (Lipinski definition) is 5. The zero-order chi connectivity index (χ0) is 13.3. The van der Waals surface area contributed by atoms with Crippen LogP contribution >= 0.6 is 0 Å². The van der Waals surface area contributed by atoms with E-state index in [1.165, 1.54) is 0 Å². The Labute approximate surface area is 111 Å². The van der Waals surface area contributed by atoms with Gasteiger partial charge in [0.2, 0.25) is 0 Å². The highest BCUT2D eigenvalue weighted by atomic mass is 16.7. The number of nitrogens with zero attached hydrogens (tertiary/aromatic N) is 2. The van der Waals surface area contributed by atoms with Crippen molar-refractivity contribution in [1.29, 1.82) is 5.26 Å². The van der Waals surface area contributed by atoms with Crippen molar-refractivity contribution in [2.75, 3.05) is 13.2 Å². The van der Waals surface area contributed by atoms with Crippen molar-refractivity contribution < 1.29 is 14.6 Å². The Morgan fingerprint density at radius 3 is 2.37 bits per heavy atom. The van der Waals surface area contributed by atoms with Crippen molar-refractivity contribution in [3.05, 3.63) is 29.6 Å². The van der Waals surface area contributed by atoms with E-state index in [1.54, 1.807) is 18.3 Å². The number of pyridine rings is 1. The van der Waals surface area contributed by atoms with Crippen LogP contribution in [0.1, 0.15) is 36.9 Å². The standard InChI is InChI=1S/C14H16N2O3/c15-9-12-2-1-11(10-16-12)13(17)3-5-14(6-4-13)18-7-8-19-14/h1-2,10,17H,3-8H2. The van der Waals surface area contributed by atoms with Gasteiger partial charge in [-0.25, -0.2) is 4.98 Å². The molecule has 1 saturated carbocycles. The van der Waals surface area contributed by atoms with Crippen LogP contribution in [-0.2, 0) is 15.1 Å². The molecule has 0 unspecified atom stereocenters. The van der Waals surface area contributed by atoms with Gasteiger partial charge in [0.05, 0.1) is 18.8 Å². The molecule has 1 aliphatic carbocycles. The summed E-state index contributed by atoms with van der Waals surface area (Å²) in [4.78, 5) is 4.02. The van der Waals surface area contributed by atoms with Gasteiger partial charge in [0.25, 0.3) is 0 Å². The third kappa shape index (κ3) is 2.23. The summed E-state index contributed by atoms with van der Waals surface area (Å²) in [5, 5.41) is 19.5. The highest BCUT2D eigenvalue weighted by molar-refractivity contribution is 5.27. The summed E-state index contributed by atoms with van der Waals surface area (Å²) in [6.07, 6.45) is 4.13. The van der Waals surface area contributed by atoms with Gasteiger partial charge in [0, 0.05) is 24.6 Å². The first-order valence-corrected chi connectivity index (χ1v) is 6.53. The lowest BCUT2D eigenvalue weighted by molar-refractivity contribution is -0.204. The van der Waals surface area contributed by atoms with E-state index in [2.05, 4.69) is 4.98 Å². The Morgan fingerprint density at radius 1 is 1.16 bits per heavy atom. The summed E-state index contributed by atoms with van der Waals surface area (Å²) in [6.45, 7) is 1.27. The molecule has 2 fully saturated rings. The number of aromatic nitrogens is 1. The second kappa shape index (κ2) is 4.57. The summed E-state index contributed by atoms with van der Waals surface area (Å²) in [5.74, 6) is -0.480. The zero-order valence-electron chi connectivity index (χ0n) is 10.6. The van der Waals surface area contributed by atoms with Crippen LogP contribution in [0.2, 0.25) is 0 Å². The first-order valence-electron chi connectivity index (χ1n) is 6.53. The Bertz CT molecular complexity index is 490. The van der Waals surface area contributed by atoms with Crippen molar-refractivity contribution in [3.8, 4) is 6.07 Å². The molecule has 1 aliphatic heterocycles. The average Bonchev–Trinajstić information content (AvgIpc) is 2.92. The van der Waals surface area contributed by atoms with Crippen LogP contribution in [0.4, 0.5) is 0 Å². The Kier molecular flexibility index (Phi) is 3.02. The number of rotatable bonds is 1. The fraction of sp³-hybridized carbons (Fsp3) is 0.571. The normalized spacial score (nSPS) is 24.2. The van der Waals surface area contributed by atoms with Crippen LogP contribution in [0.5, 0.6) is 0 Å². The molecule has 0 atom stereocenters. The predicted octanol–water partition coefficient (Wildman–Crippen LogP) is 1.46. The molecule has 5 heteroatoms.